The maximum absolute atomic E-state index is 13.1. The van der Waals surface area contributed by atoms with Crippen molar-refractivity contribution in [3.05, 3.63) is 29.3 Å². The second kappa shape index (κ2) is 18.2. The number of benzene rings is 1. The molecule has 0 aliphatic heterocycles. The molecule has 0 heterocycles. The Bertz CT molecular complexity index is 1570. The molecule has 292 valence electrons. The molecule has 0 aromatic heterocycles. The van der Waals surface area contributed by atoms with Crippen molar-refractivity contribution in [1.29, 1.82) is 0 Å². The number of fused-ring (bicyclic) bond motifs is 5. The van der Waals surface area contributed by atoms with Gasteiger partial charge in [-0.3, -0.25) is 29.0 Å². The van der Waals surface area contributed by atoms with Crippen LogP contribution in [-0.2, 0) is 35.2 Å². The number of carboxylic acid groups (broad SMARTS) is 2. The van der Waals surface area contributed by atoms with E-state index >= 15 is 0 Å². The number of nitrogens with one attached hydrogen (secondary N) is 4. The van der Waals surface area contributed by atoms with Gasteiger partial charge in [0, 0.05) is 6.54 Å². The van der Waals surface area contributed by atoms with Gasteiger partial charge in [0.2, 0.25) is 17.7 Å². The minimum atomic E-state index is -1.74. The van der Waals surface area contributed by atoms with Crippen LogP contribution in [0.2, 0.25) is 0 Å². The Balaban J connectivity index is 1.33. The third-order valence-electron chi connectivity index (χ3n) is 10.9. The largest absolute Gasteiger partial charge is 0.484 e. The minimum Gasteiger partial charge on any atom is -0.484 e. The van der Waals surface area contributed by atoms with Crippen molar-refractivity contribution in [2.75, 3.05) is 26.3 Å². The fourth-order valence-electron chi connectivity index (χ4n) is 8.16. The molecule has 0 saturated heterocycles. The van der Waals surface area contributed by atoms with Crippen LogP contribution in [0.15, 0.2) is 23.2 Å². The van der Waals surface area contributed by atoms with Crippen molar-refractivity contribution in [1.82, 2.24) is 21.3 Å². The van der Waals surface area contributed by atoms with Crippen LogP contribution in [0, 0.1) is 17.3 Å². The Morgan fingerprint density at radius 2 is 1.70 bits per heavy atom. The summed E-state index contributed by atoms with van der Waals surface area (Å²) in [6.07, 6.45) is 5.02. The van der Waals surface area contributed by atoms with Gasteiger partial charge in [-0.15, -0.1) is 0 Å². The maximum atomic E-state index is 13.1. The summed E-state index contributed by atoms with van der Waals surface area (Å²) < 4.78 is 5.82. The van der Waals surface area contributed by atoms with E-state index in [1.54, 1.807) is 0 Å². The molecule has 1 aromatic carbocycles. The maximum Gasteiger partial charge on any atom is 0.328 e. The number of aliphatic hydroxyl groups excluding tert-OH is 2. The van der Waals surface area contributed by atoms with Gasteiger partial charge in [0.25, 0.3) is 5.91 Å². The van der Waals surface area contributed by atoms with Crippen LogP contribution in [0.5, 0.6) is 5.75 Å². The number of nitrogens with zero attached hydrogens (tertiary/aromatic N) is 1. The van der Waals surface area contributed by atoms with E-state index in [0.717, 1.165) is 38.5 Å². The monoisotopic (exact) mass is 745 g/mol. The highest BCUT2D eigenvalue weighted by Crippen LogP contribution is 2.60. The number of nitrogens with two attached hydrogens (primary N) is 2. The van der Waals surface area contributed by atoms with E-state index < -0.39 is 79.9 Å². The molecule has 0 radical (unpaired) electrons. The number of hydrogen-bond acceptors (Lipinski definition) is 10. The predicted molar refractivity (Wildman–Crippen MR) is 188 cm³/mol. The molecule has 2 fully saturated rings. The van der Waals surface area contributed by atoms with E-state index in [-0.39, 0.29) is 36.9 Å². The number of carbonyl (C=O) groups excluding carboxylic acids is 4. The lowest BCUT2D eigenvalue weighted by Crippen LogP contribution is -2.55. The Morgan fingerprint density at radius 3 is 2.38 bits per heavy atom. The highest BCUT2D eigenvalue weighted by Gasteiger charge is 2.54. The Hall–Kier alpha value is -4.97. The third-order valence-corrected chi connectivity index (χ3v) is 10.9. The lowest BCUT2D eigenvalue weighted by molar-refractivity contribution is -0.144. The average molecular weight is 746 g/mol. The van der Waals surface area contributed by atoms with Crippen molar-refractivity contribution in [3.8, 4) is 5.75 Å². The second-order valence-electron chi connectivity index (χ2n) is 14.3. The van der Waals surface area contributed by atoms with E-state index in [9.17, 15) is 33.9 Å². The van der Waals surface area contributed by atoms with Gasteiger partial charge in [-0.1, -0.05) is 13.0 Å². The molecule has 0 spiro atoms. The molecule has 2 saturated carbocycles. The summed E-state index contributed by atoms with van der Waals surface area (Å²) in [4.78, 5) is 77.4. The second-order valence-corrected chi connectivity index (χ2v) is 14.3. The quantitative estimate of drug-likeness (QED) is 0.0463. The number of aliphatic hydroxyl groups is 2. The molecular formula is C35H51N7O11. The van der Waals surface area contributed by atoms with Gasteiger partial charge in [-0.2, -0.15) is 0 Å². The number of carboxylic acids is 2. The number of ether oxygens (including phenoxy) is 1. The molecule has 0 bridgehead atoms. The van der Waals surface area contributed by atoms with Gasteiger partial charge >= 0.3 is 11.9 Å². The fraction of sp³-hybridized carbons (Fsp3) is 0.629. The summed E-state index contributed by atoms with van der Waals surface area (Å²) in [6.45, 7) is 0.279. The third kappa shape index (κ3) is 10.6. The lowest BCUT2D eigenvalue weighted by Gasteiger charge is -2.50. The van der Waals surface area contributed by atoms with Crippen molar-refractivity contribution < 1.29 is 53.9 Å². The van der Waals surface area contributed by atoms with Crippen LogP contribution < -0.4 is 37.5 Å². The first-order chi connectivity index (χ1) is 25.1. The number of carbonyl (C=O) groups is 6. The lowest BCUT2D eigenvalue weighted by atomic mass is 9.55. The van der Waals surface area contributed by atoms with E-state index in [2.05, 4.69) is 33.9 Å². The number of aliphatic carboxylic acids is 2. The molecule has 1 aromatic rings. The standard InChI is InChI=1S/C35H51N7O11/c1-35-11-10-21-20-7-5-19(13-18(20)4-6-22(21)23(35)8-9-27(35)44)53-17-29(46)40-24(3-2-12-38-34(36)37)31(49)39-15-28(45)41-25(14-30(47)48)32(50)42-26(16-43)33(51)52/h5,7,13,21-27,43-44H,2-4,6,8-12,14-17H2,1H3,(H,39,49)(H,40,46)(H,41,45)(H,42,50)(H,47,48)(H,51,52)(H4,36,37,38)/t21-,22-,23+,24+,25+,26+,27+,35+/m1/s1. The molecule has 8 atom stereocenters. The molecule has 4 amide bonds. The summed E-state index contributed by atoms with van der Waals surface area (Å²) in [7, 11) is 0. The van der Waals surface area contributed by atoms with Crippen LogP contribution >= 0.6 is 0 Å². The Labute approximate surface area is 306 Å². The number of guanidine groups is 1. The van der Waals surface area contributed by atoms with E-state index in [4.69, 9.17) is 31.5 Å². The number of aryl methyl sites for hydroxylation is 1. The van der Waals surface area contributed by atoms with Gasteiger partial charge in [0.1, 0.15) is 23.9 Å². The highest BCUT2D eigenvalue weighted by atomic mass is 16.5. The van der Waals surface area contributed by atoms with Gasteiger partial charge in [0.05, 0.1) is 25.7 Å². The topological polar surface area (TPSA) is 305 Å². The van der Waals surface area contributed by atoms with Crippen molar-refractivity contribution in [2.45, 2.75) is 94.9 Å². The first-order valence-electron chi connectivity index (χ1n) is 17.8. The van der Waals surface area contributed by atoms with Gasteiger partial charge in [0.15, 0.2) is 12.6 Å². The summed E-state index contributed by atoms with van der Waals surface area (Å²) in [5.74, 6) is -4.79. The molecule has 12 N–H and O–H groups in total. The predicted octanol–water partition coefficient (Wildman–Crippen LogP) is -1.54. The van der Waals surface area contributed by atoms with Crippen LogP contribution in [0.4, 0.5) is 0 Å². The summed E-state index contributed by atoms with van der Waals surface area (Å²) in [5.41, 5.74) is 13.2. The smallest absolute Gasteiger partial charge is 0.328 e. The molecule has 3 aliphatic rings. The molecule has 18 nitrogen and oxygen atoms in total. The summed E-state index contributed by atoms with van der Waals surface area (Å²) in [6, 6.07) is 1.26. The van der Waals surface area contributed by atoms with Gasteiger partial charge in [-0.05, 0) is 97.8 Å². The average Bonchev–Trinajstić information content (AvgIpc) is 3.42. The fourth-order valence-corrected chi connectivity index (χ4v) is 8.16. The summed E-state index contributed by atoms with van der Waals surface area (Å²) >= 11 is 0. The molecule has 53 heavy (non-hydrogen) atoms. The van der Waals surface area contributed by atoms with E-state index in [0.29, 0.717) is 23.5 Å². The van der Waals surface area contributed by atoms with Gasteiger partial charge < -0.3 is 57.9 Å². The van der Waals surface area contributed by atoms with Crippen molar-refractivity contribution in [2.24, 2.45) is 33.7 Å². The zero-order chi connectivity index (χ0) is 38.9. The zero-order valence-corrected chi connectivity index (χ0v) is 29.7. The number of hydrogen-bond donors (Lipinski definition) is 10. The molecule has 4 rings (SSSR count). The first-order valence-corrected chi connectivity index (χ1v) is 17.8. The zero-order valence-electron chi connectivity index (χ0n) is 29.7. The molecule has 18 heteroatoms. The minimum absolute atomic E-state index is 0.0134. The molecular weight excluding hydrogens is 694 g/mol. The van der Waals surface area contributed by atoms with Crippen LogP contribution in [0.3, 0.4) is 0 Å². The summed E-state index contributed by atoms with van der Waals surface area (Å²) in [5, 5.41) is 47.0. The van der Waals surface area contributed by atoms with Gasteiger partial charge in [-0.25, -0.2) is 4.79 Å². The van der Waals surface area contributed by atoms with Crippen molar-refractivity contribution >= 4 is 41.5 Å². The first kappa shape index (κ1) is 40.8. The SMILES string of the molecule is C[C@]12CC[C@@H]3c4ccc(OCC(=O)N[C@@H](CCCN=C(N)N)C(=O)NCC(=O)N[C@@H](CC(=O)O)C(=O)N[C@@H](CO)C(=O)O)cc4CC[C@H]3[C@@H]1CC[C@@H]2O. The molecule has 3 aliphatic carbocycles. The van der Waals surface area contributed by atoms with Crippen molar-refractivity contribution in [3.63, 3.8) is 0 Å². The van der Waals surface area contributed by atoms with E-state index in [1.807, 2.05) is 17.4 Å². The highest BCUT2D eigenvalue weighted by molar-refractivity contribution is 5.95. The number of aliphatic imine (C=N–C) groups is 1. The number of amides is 4. The Morgan fingerprint density at radius 1 is 0.962 bits per heavy atom. The molecule has 0 unspecified atom stereocenters. The van der Waals surface area contributed by atoms with E-state index in [1.165, 1.54) is 11.1 Å². The van der Waals surface area contributed by atoms with Crippen LogP contribution in [0.1, 0.15) is 75.3 Å². The normalized spacial score (nSPS) is 24.4. The number of rotatable bonds is 18. The Kier molecular flexibility index (Phi) is 14.0. The van der Waals surface area contributed by atoms with Crippen LogP contribution in [-0.4, -0.2) is 112 Å². The van der Waals surface area contributed by atoms with Crippen LogP contribution in [0.25, 0.3) is 0 Å².